The van der Waals surface area contributed by atoms with Crippen LogP contribution in [-0.2, 0) is 9.41 Å². The van der Waals surface area contributed by atoms with Crippen molar-refractivity contribution in [2.75, 3.05) is 6.61 Å². The third-order valence-electron chi connectivity index (χ3n) is 3.25. The zero-order valence-electron chi connectivity index (χ0n) is 11.7. The Morgan fingerprint density at radius 2 is 1.70 bits per heavy atom. The van der Waals surface area contributed by atoms with Gasteiger partial charge in [-0.3, -0.25) is 0 Å². The summed E-state index contributed by atoms with van der Waals surface area (Å²) in [5, 5.41) is 4.21. The summed E-state index contributed by atoms with van der Waals surface area (Å²) in [5.41, 5.74) is 5.27. The van der Waals surface area contributed by atoms with E-state index in [0.29, 0.717) is 6.61 Å². The van der Waals surface area contributed by atoms with E-state index in [2.05, 4.69) is 37.2 Å². The topological polar surface area (TPSA) is 30.8 Å². The minimum absolute atomic E-state index is 0.416. The van der Waals surface area contributed by atoms with Gasteiger partial charge in [-0.1, -0.05) is 59.7 Å². The van der Waals surface area contributed by atoms with Crippen LogP contribution >= 0.6 is 0 Å². The fraction of sp³-hybridized carbons (Fsp3) is 0.188. The molecule has 0 amide bonds. The van der Waals surface area contributed by atoms with Crippen molar-refractivity contribution in [3.63, 3.8) is 0 Å². The summed E-state index contributed by atoms with van der Waals surface area (Å²) >= 11 is 0. The van der Waals surface area contributed by atoms with Crippen LogP contribution in [-0.4, -0.2) is 19.4 Å². The van der Waals surface area contributed by atoms with E-state index in [-0.39, 0.29) is 0 Å². The number of nitrogens with zero attached hydrogens (tertiary/aromatic N) is 1. The Morgan fingerprint density at radius 1 is 1.00 bits per heavy atom. The van der Waals surface area contributed by atoms with Crippen LogP contribution in [0.5, 0.6) is 0 Å². The minimum Gasteiger partial charge on any atom is -0.426 e. The summed E-state index contributed by atoms with van der Waals surface area (Å²) < 4.78 is 11.3. The van der Waals surface area contributed by atoms with Crippen LogP contribution in [0.3, 0.4) is 0 Å². The zero-order chi connectivity index (χ0) is 13.9. The fourth-order valence-electron chi connectivity index (χ4n) is 2.39. The van der Waals surface area contributed by atoms with Gasteiger partial charge in [-0.25, -0.2) is 0 Å². The van der Waals surface area contributed by atoms with Crippen LogP contribution in [0.25, 0.3) is 0 Å². The molecule has 0 aromatic heterocycles. The molecule has 0 bridgehead atoms. The van der Waals surface area contributed by atoms with Crippen molar-refractivity contribution in [3.8, 4) is 0 Å². The van der Waals surface area contributed by atoms with Crippen LogP contribution in [0.4, 0.5) is 0 Å². The van der Waals surface area contributed by atoms with Gasteiger partial charge in [0.1, 0.15) is 5.71 Å². The molecule has 0 N–H and O–H groups in total. The van der Waals surface area contributed by atoms with Gasteiger partial charge in [0.05, 0.1) is 6.61 Å². The molecule has 3 rings (SSSR count). The molecule has 20 heavy (non-hydrogen) atoms. The van der Waals surface area contributed by atoms with E-state index in [4.69, 9.17) is 9.41 Å². The number of hydrogen-bond donors (Lipinski definition) is 0. The van der Waals surface area contributed by atoms with Crippen molar-refractivity contribution in [3.05, 3.63) is 65.2 Å². The predicted octanol–water partition coefficient (Wildman–Crippen LogP) is 2.45. The summed E-state index contributed by atoms with van der Waals surface area (Å²) in [5.74, 6) is 0. The normalized spacial score (nSPS) is 14.7. The minimum atomic E-state index is -0.416. The van der Waals surface area contributed by atoms with Gasteiger partial charge in [-0.2, -0.15) is 0 Å². The number of aryl methyl sites for hydroxylation is 2. The number of benzene rings is 2. The summed E-state index contributed by atoms with van der Waals surface area (Å²) in [6.45, 7) is 4.59. The summed E-state index contributed by atoms with van der Waals surface area (Å²) in [6.07, 6.45) is 0. The molecule has 100 valence electrons. The molecule has 0 spiro atoms. The van der Waals surface area contributed by atoms with E-state index < -0.39 is 7.12 Å². The second-order valence-corrected chi connectivity index (χ2v) is 5.07. The lowest BCUT2D eigenvalue weighted by Crippen LogP contribution is -2.40. The highest BCUT2D eigenvalue weighted by atomic mass is 16.7. The molecule has 2 aromatic rings. The zero-order valence-corrected chi connectivity index (χ0v) is 11.7. The average Bonchev–Trinajstić information content (AvgIpc) is 2.47. The Kier molecular flexibility index (Phi) is 3.57. The van der Waals surface area contributed by atoms with Gasteiger partial charge in [0.25, 0.3) is 0 Å². The monoisotopic (exact) mass is 265 g/mol. The molecule has 0 fully saturated rings. The number of oxime groups is 1. The molecular formula is C16H16BNO2. The molecular weight excluding hydrogens is 249 g/mol. The Labute approximate surface area is 119 Å². The molecule has 0 radical (unpaired) electrons. The van der Waals surface area contributed by atoms with Crippen LogP contribution in [0, 0.1) is 13.8 Å². The molecule has 0 saturated heterocycles. The third-order valence-corrected chi connectivity index (χ3v) is 3.25. The van der Waals surface area contributed by atoms with Crippen LogP contribution in [0.15, 0.2) is 53.7 Å². The maximum atomic E-state index is 5.79. The Hall–Kier alpha value is -2.07. The van der Waals surface area contributed by atoms with E-state index in [1.54, 1.807) is 0 Å². The number of hydrogen-bond acceptors (Lipinski definition) is 3. The molecule has 3 nitrogen and oxygen atoms in total. The van der Waals surface area contributed by atoms with E-state index in [1.807, 2.05) is 30.3 Å². The van der Waals surface area contributed by atoms with Crippen molar-refractivity contribution in [2.24, 2.45) is 5.16 Å². The smallest absolute Gasteiger partial charge is 0.426 e. The first-order chi connectivity index (χ1) is 9.72. The van der Waals surface area contributed by atoms with Gasteiger partial charge in [0, 0.05) is 5.56 Å². The average molecular weight is 265 g/mol. The molecule has 0 aliphatic carbocycles. The van der Waals surface area contributed by atoms with Crippen molar-refractivity contribution >= 4 is 18.3 Å². The lowest BCUT2D eigenvalue weighted by molar-refractivity contribution is 0.214. The second kappa shape index (κ2) is 5.51. The van der Waals surface area contributed by atoms with E-state index in [9.17, 15) is 0 Å². The molecule has 1 aliphatic heterocycles. The van der Waals surface area contributed by atoms with Crippen molar-refractivity contribution in [1.82, 2.24) is 0 Å². The highest BCUT2D eigenvalue weighted by Crippen LogP contribution is 2.10. The Balaban J connectivity index is 1.79. The molecule has 0 unspecified atom stereocenters. The first kappa shape index (κ1) is 12.9. The van der Waals surface area contributed by atoms with E-state index >= 15 is 0 Å². The SMILES string of the molecule is Cc1cc(C)cc(B2OCC(c3ccccc3)=NO2)c1. The van der Waals surface area contributed by atoms with Crippen molar-refractivity contribution < 1.29 is 9.41 Å². The lowest BCUT2D eigenvalue weighted by Gasteiger charge is -2.19. The van der Waals surface area contributed by atoms with Gasteiger partial charge in [-0.15, -0.1) is 5.16 Å². The third kappa shape index (κ3) is 2.75. The fourth-order valence-corrected chi connectivity index (χ4v) is 2.39. The van der Waals surface area contributed by atoms with Gasteiger partial charge < -0.3 is 9.41 Å². The maximum Gasteiger partial charge on any atom is 0.585 e. The van der Waals surface area contributed by atoms with Gasteiger partial charge in [0.15, 0.2) is 0 Å². The molecule has 4 heteroatoms. The Morgan fingerprint density at radius 3 is 2.30 bits per heavy atom. The molecule has 2 aromatic carbocycles. The van der Waals surface area contributed by atoms with Gasteiger partial charge in [0.2, 0.25) is 0 Å². The quantitative estimate of drug-likeness (QED) is 0.781. The molecule has 1 heterocycles. The van der Waals surface area contributed by atoms with Crippen LogP contribution in [0.2, 0.25) is 0 Å². The standard InChI is InChI=1S/C16H16BNO2/c1-12-8-13(2)10-15(9-12)17-19-11-16(18-20-17)14-6-4-3-5-7-14/h3-10H,11H2,1-2H3. The predicted molar refractivity (Wildman–Crippen MR) is 81.3 cm³/mol. The largest absolute Gasteiger partial charge is 0.585 e. The van der Waals surface area contributed by atoms with Gasteiger partial charge in [-0.05, 0) is 19.3 Å². The van der Waals surface area contributed by atoms with E-state index in [0.717, 1.165) is 16.7 Å². The number of rotatable bonds is 2. The lowest BCUT2D eigenvalue weighted by atomic mass is 9.77. The van der Waals surface area contributed by atoms with Gasteiger partial charge >= 0.3 is 7.12 Å². The molecule has 0 atom stereocenters. The van der Waals surface area contributed by atoms with Crippen molar-refractivity contribution in [2.45, 2.75) is 13.8 Å². The highest BCUT2D eigenvalue weighted by molar-refractivity contribution is 6.61. The van der Waals surface area contributed by atoms with Crippen molar-refractivity contribution in [1.29, 1.82) is 0 Å². The maximum absolute atomic E-state index is 5.79. The second-order valence-electron chi connectivity index (χ2n) is 5.07. The first-order valence-electron chi connectivity index (χ1n) is 6.70. The van der Waals surface area contributed by atoms with Crippen LogP contribution in [0.1, 0.15) is 16.7 Å². The summed E-state index contributed by atoms with van der Waals surface area (Å²) in [7, 11) is -0.416. The highest BCUT2D eigenvalue weighted by Gasteiger charge is 2.28. The first-order valence-corrected chi connectivity index (χ1v) is 6.70. The summed E-state index contributed by atoms with van der Waals surface area (Å²) in [4.78, 5) is 0. The Bertz CT molecular complexity index is 620. The molecule has 0 saturated carbocycles. The van der Waals surface area contributed by atoms with E-state index in [1.165, 1.54) is 11.1 Å². The molecule has 1 aliphatic rings. The van der Waals surface area contributed by atoms with Crippen LogP contribution < -0.4 is 5.46 Å². The summed E-state index contributed by atoms with van der Waals surface area (Å²) in [6, 6.07) is 16.2.